The number of carboxylic acids is 1. The summed E-state index contributed by atoms with van der Waals surface area (Å²) >= 11 is 0. The first-order valence-corrected chi connectivity index (χ1v) is 7.57. The highest BCUT2D eigenvalue weighted by Gasteiger charge is 2.43. The van der Waals surface area contributed by atoms with Gasteiger partial charge in [-0.25, -0.2) is 0 Å². The second-order valence-electron chi connectivity index (χ2n) is 6.19. The number of nitrogens with zero attached hydrogens (tertiary/aromatic N) is 1. The molecule has 4 nitrogen and oxygen atoms in total. The highest BCUT2D eigenvalue weighted by molar-refractivity contribution is 5.85. The number of carbonyl (C=O) groups is 2. The average Bonchev–Trinajstić information content (AvgIpc) is 2.99. The van der Waals surface area contributed by atoms with Crippen LogP contribution in [-0.2, 0) is 9.59 Å². The maximum absolute atomic E-state index is 12.7. The summed E-state index contributed by atoms with van der Waals surface area (Å²) in [7, 11) is 0. The van der Waals surface area contributed by atoms with E-state index in [1.54, 1.807) is 0 Å². The molecule has 1 N–H and O–H groups in total. The van der Waals surface area contributed by atoms with Crippen LogP contribution in [0.2, 0.25) is 0 Å². The van der Waals surface area contributed by atoms with Crippen molar-refractivity contribution in [2.45, 2.75) is 58.4 Å². The fourth-order valence-electron chi connectivity index (χ4n) is 3.86. The van der Waals surface area contributed by atoms with Gasteiger partial charge in [0.15, 0.2) is 0 Å². The third-order valence-electron chi connectivity index (χ3n) is 4.82. The van der Waals surface area contributed by atoms with E-state index in [2.05, 4.69) is 6.92 Å². The Hall–Kier alpha value is -1.06. The molecule has 3 atom stereocenters. The van der Waals surface area contributed by atoms with Crippen LogP contribution in [-0.4, -0.2) is 34.5 Å². The van der Waals surface area contributed by atoms with Crippen molar-refractivity contribution in [2.24, 2.45) is 17.8 Å². The lowest BCUT2D eigenvalue weighted by molar-refractivity contribution is -0.150. The first kappa shape index (κ1) is 14.4. The molecule has 2 aliphatic carbocycles. The molecule has 108 valence electrons. The molecule has 0 aromatic rings. The van der Waals surface area contributed by atoms with Crippen LogP contribution >= 0.6 is 0 Å². The quantitative estimate of drug-likeness (QED) is 0.851. The zero-order chi connectivity index (χ0) is 14.0. The van der Waals surface area contributed by atoms with Crippen molar-refractivity contribution in [2.75, 3.05) is 6.54 Å². The predicted molar refractivity (Wildman–Crippen MR) is 72.7 cm³/mol. The summed E-state index contributed by atoms with van der Waals surface area (Å²) in [5, 5.41) is 9.30. The van der Waals surface area contributed by atoms with Crippen molar-refractivity contribution in [1.29, 1.82) is 0 Å². The summed E-state index contributed by atoms with van der Waals surface area (Å²) in [6.07, 6.45) is 5.93. The summed E-state index contributed by atoms with van der Waals surface area (Å²) in [5.41, 5.74) is 0. The van der Waals surface area contributed by atoms with Crippen molar-refractivity contribution in [3.8, 4) is 0 Å². The zero-order valence-electron chi connectivity index (χ0n) is 12.0. The van der Waals surface area contributed by atoms with Crippen LogP contribution in [0.25, 0.3) is 0 Å². The number of carboxylic acid groups (broad SMARTS) is 1. The van der Waals surface area contributed by atoms with Crippen molar-refractivity contribution in [3.63, 3.8) is 0 Å². The van der Waals surface area contributed by atoms with Crippen LogP contribution in [0.15, 0.2) is 0 Å². The fourth-order valence-corrected chi connectivity index (χ4v) is 3.86. The van der Waals surface area contributed by atoms with Gasteiger partial charge in [0.25, 0.3) is 0 Å². The molecule has 2 fully saturated rings. The molecule has 2 aliphatic rings. The van der Waals surface area contributed by atoms with E-state index in [1.807, 2.05) is 11.8 Å². The van der Waals surface area contributed by atoms with Crippen molar-refractivity contribution >= 4 is 11.9 Å². The first-order valence-electron chi connectivity index (χ1n) is 7.57. The first-order chi connectivity index (χ1) is 9.04. The molecule has 1 amide bonds. The van der Waals surface area contributed by atoms with E-state index < -0.39 is 11.9 Å². The molecule has 2 saturated carbocycles. The Labute approximate surface area is 115 Å². The van der Waals surface area contributed by atoms with Gasteiger partial charge in [0.1, 0.15) is 0 Å². The summed E-state index contributed by atoms with van der Waals surface area (Å²) in [5.74, 6) is -1.14. The number of carbonyl (C=O) groups excluding carboxylic acids is 1. The van der Waals surface area contributed by atoms with E-state index in [9.17, 15) is 14.7 Å². The molecule has 0 aromatic heterocycles. The molecule has 19 heavy (non-hydrogen) atoms. The minimum atomic E-state index is -0.801. The third kappa shape index (κ3) is 2.93. The van der Waals surface area contributed by atoms with Gasteiger partial charge in [-0.2, -0.15) is 0 Å². The summed E-state index contributed by atoms with van der Waals surface area (Å²) in [6.45, 7) is 4.76. The molecule has 2 rings (SSSR count). The van der Waals surface area contributed by atoms with Crippen LogP contribution in [0.3, 0.4) is 0 Å². The fraction of sp³-hybridized carbons (Fsp3) is 0.867. The monoisotopic (exact) mass is 267 g/mol. The second-order valence-corrected chi connectivity index (χ2v) is 6.19. The number of aliphatic carboxylic acids is 1. The third-order valence-corrected chi connectivity index (χ3v) is 4.82. The molecule has 0 aromatic carbocycles. The van der Waals surface area contributed by atoms with Gasteiger partial charge in [-0.3, -0.25) is 9.59 Å². The lowest BCUT2D eigenvalue weighted by atomic mass is 9.94. The van der Waals surface area contributed by atoms with Crippen LogP contribution in [0.4, 0.5) is 0 Å². The Morgan fingerprint density at radius 2 is 1.74 bits per heavy atom. The van der Waals surface area contributed by atoms with Crippen LogP contribution < -0.4 is 0 Å². The standard InChI is InChI=1S/C15H25NO3/c1-3-16(11-6-4-5-7-11)14(17)12-8-10(2)9-13(12)15(18)19/h10-13H,3-9H2,1-2H3,(H,18,19). The molecular weight excluding hydrogens is 242 g/mol. The summed E-state index contributed by atoms with van der Waals surface area (Å²) in [4.78, 5) is 26.0. The Bertz CT molecular complexity index is 349. The molecule has 0 saturated heterocycles. The van der Waals surface area contributed by atoms with Gasteiger partial charge >= 0.3 is 5.97 Å². The highest BCUT2D eigenvalue weighted by Crippen LogP contribution is 2.38. The van der Waals surface area contributed by atoms with Gasteiger partial charge in [0.2, 0.25) is 5.91 Å². The van der Waals surface area contributed by atoms with E-state index >= 15 is 0 Å². The van der Waals surface area contributed by atoms with Gasteiger partial charge in [-0.05, 0) is 38.5 Å². The van der Waals surface area contributed by atoms with Gasteiger partial charge in [-0.15, -0.1) is 0 Å². The SMILES string of the molecule is CCN(C(=O)C1CC(C)CC1C(=O)O)C1CCCC1. The van der Waals surface area contributed by atoms with Crippen molar-refractivity contribution < 1.29 is 14.7 Å². The number of hydrogen-bond acceptors (Lipinski definition) is 2. The number of hydrogen-bond donors (Lipinski definition) is 1. The highest BCUT2D eigenvalue weighted by atomic mass is 16.4. The topological polar surface area (TPSA) is 57.6 Å². The molecule has 3 unspecified atom stereocenters. The van der Waals surface area contributed by atoms with E-state index in [1.165, 1.54) is 12.8 Å². The normalized spacial score (nSPS) is 31.6. The largest absolute Gasteiger partial charge is 0.481 e. The molecule has 4 heteroatoms. The van der Waals surface area contributed by atoms with Crippen LogP contribution in [0.5, 0.6) is 0 Å². The molecule has 0 heterocycles. The van der Waals surface area contributed by atoms with E-state index in [0.717, 1.165) is 19.3 Å². The van der Waals surface area contributed by atoms with E-state index in [4.69, 9.17) is 0 Å². The Balaban J connectivity index is 2.09. The maximum atomic E-state index is 12.7. The van der Waals surface area contributed by atoms with Gasteiger partial charge in [0, 0.05) is 12.6 Å². The zero-order valence-corrected chi connectivity index (χ0v) is 12.0. The molecule has 0 aliphatic heterocycles. The van der Waals surface area contributed by atoms with Gasteiger partial charge in [-0.1, -0.05) is 19.8 Å². The molecule has 0 radical (unpaired) electrons. The lowest BCUT2D eigenvalue weighted by Crippen LogP contribution is -2.44. The van der Waals surface area contributed by atoms with Crippen molar-refractivity contribution in [3.05, 3.63) is 0 Å². The van der Waals surface area contributed by atoms with Gasteiger partial charge < -0.3 is 10.0 Å². The van der Waals surface area contributed by atoms with E-state index in [0.29, 0.717) is 24.9 Å². The Morgan fingerprint density at radius 1 is 1.16 bits per heavy atom. The Morgan fingerprint density at radius 3 is 2.26 bits per heavy atom. The molecule has 0 bridgehead atoms. The number of amides is 1. The smallest absolute Gasteiger partial charge is 0.307 e. The maximum Gasteiger partial charge on any atom is 0.307 e. The molecule has 0 spiro atoms. The minimum Gasteiger partial charge on any atom is -0.481 e. The average molecular weight is 267 g/mol. The van der Waals surface area contributed by atoms with Crippen LogP contribution in [0, 0.1) is 17.8 Å². The molecular formula is C15H25NO3. The predicted octanol–water partition coefficient (Wildman–Crippen LogP) is 2.52. The van der Waals surface area contributed by atoms with Crippen molar-refractivity contribution in [1.82, 2.24) is 4.90 Å². The lowest BCUT2D eigenvalue weighted by Gasteiger charge is -2.31. The van der Waals surface area contributed by atoms with E-state index in [-0.39, 0.29) is 11.8 Å². The van der Waals surface area contributed by atoms with Crippen LogP contribution in [0.1, 0.15) is 52.4 Å². The summed E-state index contributed by atoms with van der Waals surface area (Å²) < 4.78 is 0. The summed E-state index contributed by atoms with van der Waals surface area (Å²) in [6, 6.07) is 0.350. The second kappa shape index (κ2) is 5.93. The minimum absolute atomic E-state index is 0.0890. The number of rotatable bonds is 4. The van der Waals surface area contributed by atoms with Gasteiger partial charge in [0.05, 0.1) is 11.8 Å². The Kier molecular flexibility index (Phi) is 4.48.